The van der Waals surface area contributed by atoms with Crippen LogP contribution in [0.5, 0.6) is 0 Å². The Morgan fingerprint density at radius 2 is 2.18 bits per heavy atom. The molecule has 6 nitrogen and oxygen atoms in total. The number of carbonyl (C=O) groups excluding carboxylic acids is 1. The van der Waals surface area contributed by atoms with Crippen molar-refractivity contribution in [2.75, 3.05) is 13.7 Å². The van der Waals surface area contributed by atoms with E-state index in [-0.39, 0.29) is 18.0 Å². The number of hydrogen-bond donors (Lipinski definition) is 0. The van der Waals surface area contributed by atoms with Crippen molar-refractivity contribution in [2.45, 2.75) is 39.2 Å². The van der Waals surface area contributed by atoms with E-state index in [1.165, 1.54) is 0 Å². The van der Waals surface area contributed by atoms with Gasteiger partial charge in [0.1, 0.15) is 12.0 Å². The van der Waals surface area contributed by atoms with Crippen LogP contribution in [0.4, 0.5) is 0 Å². The first-order chi connectivity index (χ1) is 8.13. The van der Waals surface area contributed by atoms with Gasteiger partial charge in [-0.3, -0.25) is 4.79 Å². The first-order valence-electron chi connectivity index (χ1n) is 5.66. The van der Waals surface area contributed by atoms with Gasteiger partial charge in [-0.15, -0.1) is 0 Å². The van der Waals surface area contributed by atoms with Gasteiger partial charge >= 0.3 is 5.97 Å². The lowest BCUT2D eigenvalue weighted by molar-refractivity contribution is -0.145. The number of nitrogens with zero attached hydrogens (tertiary/aromatic N) is 2. The molecular weight excluding hydrogens is 224 g/mol. The van der Waals surface area contributed by atoms with Crippen molar-refractivity contribution in [2.24, 2.45) is 0 Å². The van der Waals surface area contributed by atoms with E-state index in [1.807, 2.05) is 6.92 Å². The van der Waals surface area contributed by atoms with Crippen molar-refractivity contribution >= 4 is 5.97 Å². The number of carbonyl (C=O) groups is 1. The second-order valence-electron chi connectivity index (χ2n) is 3.60. The zero-order valence-electron chi connectivity index (χ0n) is 10.6. The Kier molecular flexibility index (Phi) is 5.09. The lowest BCUT2D eigenvalue weighted by atomic mass is 10.2. The van der Waals surface area contributed by atoms with E-state index in [1.54, 1.807) is 21.0 Å². The van der Waals surface area contributed by atoms with Gasteiger partial charge in [0.2, 0.25) is 11.7 Å². The molecule has 0 spiro atoms. The SMILES string of the molecule is CCOC(=O)C(C)c1nc(C(CC)OC)no1. The molecule has 0 radical (unpaired) electrons. The van der Waals surface area contributed by atoms with Crippen LogP contribution in [-0.2, 0) is 14.3 Å². The van der Waals surface area contributed by atoms with E-state index in [9.17, 15) is 4.79 Å². The van der Waals surface area contributed by atoms with Gasteiger partial charge in [-0.25, -0.2) is 0 Å². The van der Waals surface area contributed by atoms with Gasteiger partial charge in [-0.1, -0.05) is 12.1 Å². The molecule has 0 aliphatic heterocycles. The molecule has 96 valence electrons. The molecular formula is C11H18N2O4. The average molecular weight is 242 g/mol. The van der Waals surface area contributed by atoms with Gasteiger partial charge < -0.3 is 14.0 Å². The number of hydrogen-bond acceptors (Lipinski definition) is 6. The second-order valence-corrected chi connectivity index (χ2v) is 3.60. The molecule has 0 fully saturated rings. The quantitative estimate of drug-likeness (QED) is 0.708. The standard InChI is InChI=1S/C11H18N2O4/c1-5-8(15-4)9-12-10(17-13-9)7(3)11(14)16-6-2/h7-8H,5-6H2,1-4H3. The highest BCUT2D eigenvalue weighted by atomic mass is 16.5. The third-order valence-corrected chi connectivity index (χ3v) is 2.41. The maximum Gasteiger partial charge on any atom is 0.318 e. The van der Waals surface area contributed by atoms with Gasteiger partial charge in [0, 0.05) is 7.11 Å². The van der Waals surface area contributed by atoms with Crippen LogP contribution in [0, 0.1) is 0 Å². The van der Waals surface area contributed by atoms with Gasteiger partial charge in [0.25, 0.3) is 0 Å². The van der Waals surface area contributed by atoms with Crippen LogP contribution in [0.25, 0.3) is 0 Å². The summed E-state index contributed by atoms with van der Waals surface area (Å²) < 4.78 is 15.1. The summed E-state index contributed by atoms with van der Waals surface area (Å²) in [6, 6.07) is 0. The molecule has 6 heteroatoms. The van der Waals surface area contributed by atoms with Crippen LogP contribution < -0.4 is 0 Å². The monoisotopic (exact) mass is 242 g/mol. The zero-order chi connectivity index (χ0) is 12.8. The van der Waals surface area contributed by atoms with Crippen LogP contribution in [0.15, 0.2) is 4.52 Å². The first kappa shape index (κ1) is 13.6. The summed E-state index contributed by atoms with van der Waals surface area (Å²) in [5.41, 5.74) is 0. The topological polar surface area (TPSA) is 74.5 Å². The number of methoxy groups -OCH3 is 1. The van der Waals surface area contributed by atoms with Gasteiger partial charge in [-0.2, -0.15) is 4.98 Å². The van der Waals surface area contributed by atoms with Crippen LogP contribution in [-0.4, -0.2) is 29.8 Å². The molecule has 17 heavy (non-hydrogen) atoms. The Morgan fingerprint density at radius 1 is 1.47 bits per heavy atom. The Morgan fingerprint density at radius 3 is 2.71 bits per heavy atom. The summed E-state index contributed by atoms with van der Waals surface area (Å²) in [7, 11) is 1.58. The summed E-state index contributed by atoms with van der Waals surface area (Å²) in [6.07, 6.45) is 0.533. The summed E-state index contributed by atoms with van der Waals surface area (Å²) in [4.78, 5) is 15.6. The van der Waals surface area contributed by atoms with Crippen LogP contribution >= 0.6 is 0 Å². The van der Waals surface area contributed by atoms with E-state index in [2.05, 4.69) is 10.1 Å². The molecule has 1 rings (SSSR count). The molecule has 0 N–H and O–H groups in total. The average Bonchev–Trinajstić information content (AvgIpc) is 2.79. The maximum absolute atomic E-state index is 11.5. The van der Waals surface area contributed by atoms with Crippen LogP contribution in [0.3, 0.4) is 0 Å². The van der Waals surface area contributed by atoms with Crippen LogP contribution in [0.1, 0.15) is 50.9 Å². The third kappa shape index (κ3) is 3.26. The predicted octanol–water partition coefficient (Wildman–Crippen LogP) is 1.83. The Bertz CT molecular complexity index is 360. The Hall–Kier alpha value is -1.43. The van der Waals surface area contributed by atoms with Crippen molar-refractivity contribution in [3.8, 4) is 0 Å². The fourth-order valence-electron chi connectivity index (χ4n) is 1.38. The minimum atomic E-state index is -0.550. The van der Waals surface area contributed by atoms with E-state index < -0.39 is 5.92 Å². The number of rotatable bonds is 6. The molecule has 2 unspecified atom stereocenters. The minimum Gasteiger partial charge on any atom is -0.465 e. The molecule has 0 amide bonds. The Labute approximate surface area is 100 Å². The fourth-order valence-corrected chi connectivity index (χ4v) is 1.38. The van der Waals surface area contributed by atoms with Gasteiger partial charge in [0.05, 0.1) is 6.61 Å². The molecule has 0 bridgehead atoms. The predicted molar refractivity (Wildman–Crippen MR) is 59.4 cm³/mol. The molecule has 1 aromatic rings. The number of esters is 1. The lowest BCUT2D eigenvalue weighted by Gasteiger charge is -2.07. The molecule has 0 saturated heterocycles. The van der Waals surface area contributed by atoms with E-state index in [0.717, 1.165) is 6.42 Å². The Balaban J connectivity index is 2.76. The fraction of sp³-hybridized carbons (Fsp3) is 0.727. The van der Waals surface area contributed by atoms with Crippen molar-refractivity contribution in [1.82, 2.24) is 10.1 Å². The summed E-state index contributed by atoms with van der Waals surface area (Å²) in [5, 5.41) is 3.80. The first-order valence-corrected chi connectivity index (χ1v) is 5.66. The molecule has 0 saturated carbocycles. The summed E-state index contributed by atoms with van der Waals surface area (Å²) in [5.74, 6) is -0.200. The maximum atomic E-state index is 11.5. The molecule has 1 aromatic heterocycles. The largest absolute Gasteiger partial charge is 0.465 e. The van der Waals surface area contributed by atoms with Gasteiger partial charge in [-0.05, 0) is 20.3 Å². The third-order valence-electron chi connectivity index (χ3n) is 2.41. The molecule has 0 aliphatic carbocycles. The highest BCUT2D eigenvalue weighted by Crippen LogP contribution is 2.20. The van der Waals surface area contributed by atoms with Gasteiger partial charge in [0.15, 0.2) is 0 Å². The van der Waals surface area contributed by atoms with Crippen molar-refractivity contribution < 1.29 is 18.8 Å². The van der Waals surface area contributed by atoms with Crippen molar-refractivity contribution in [1.29, 1.82) is 0 Å². The van der Waals surface area contributed by atoms with E-state index in [4.69, 9.17) is 14.0 Å². The van der Waals surface area contributed by atoms with E-state index >= 15 is 0 Å². The number of ether oxygens (including phenoxy) is 2. The highest BCUT2D eigenvalue weighted by molar-refractivity contribution is 5.76. The summed E-state index contributed by atoms with van der Waals surface area (Å²) in [6.45, 7) is 5.71. The molecule has 0 aliphatic rings. The minimum absolute atomic E-state index is 0.207. The molecule has 0 aromatic carbocycles. The lowest BCUT2D eigenvalue weighted by Crippen LogP contribution is -2.13. The molecule has 1 heterocycles. The van der Waals surface area contributed by atoms with E-state index in [0.29, 0.717) is 12.4 Å². The van der Waals surface area contributed by atoms with Crippen molar-refractivity contribution in [3.63, 3.8) is 0 Å². The molecule has 2 atom stereocenters. The smallest absolute Gasteiger partial charge is 0.318 e. The van der Waals surface area contributed by atoms with Crippen molar-refractivity contribution in [3.05, 3.63) is 11.7 Å². The van der Waals surface area contributed by atoms with Crippen LogP contribution in [0.2, 0.25) is 0 Å². The second kappa shape index (κ2) is 6.34. The number of aromatic nitrogens is 2. The summed E-state index contributed by atoms with van der Waals surface area (Å²) >= 11 is 0. The zero-order valence-corrected chi connectivity index (χ0v) is 10.6. The highest BCUT2D eigenvalue weighted by Gasteiger charge is 2.25. The normalized spacial score (nSPS) is 14.4.